The van der Waals surface area contributed by atoms with Crippen LogP contribution in [0.4, 0.5) is 0 Å². The van der Waals surface area contributed by atoms with E-state index in [1.54, 1.807) is 6.07 Å². The van der Waals surface area contributed by atoms with Crippen LogP contribution in [0, 0.1) is 0 Å². The highest BCUT2D eigenvalue weighted by molar-refractivity contribution is 9.10. The molecule has 0 heterocycles. The number of hydrogen-bond acceptors (Lipinski definition) is 2. The molecular weight excluding hydrogens is 337 g/mol. The minimum Gasteiger partial charge on any atom is -0.211 e. The minimum absolute atomic E-state index is 0.00387. The third-order valence-electron chi connectivity index (χ3n) is 1.83. The predicted molar refractivity (Wildman–Crippen MR) is 69.6 cm³/mol. The summed E-state index contributed by atoms with van der Waals surface area (Å²) >= 11 is 14.9. The lowest BCUT2D eigenvalue weighted by atomic mass is 10.4. The topological polar surface area (TPSA) is 46.2 Å². The Morgan fingerprint density at radius 2 is 1.94 bits per heavy atom. The first kappa shape index (κ1) is 14.3. The molecule has 0 saturated heterocycles. The van der Waals surface area contributed by atoms with Gasteiger partial charge in [-0.3, -0.25) is 0 Å². The van der Waals surface area contributed by atoms with Gasteiger partial charge in [0.2, 0.25) is 10.0 Å². The fourth-order valence-electron chi connectivity index (χ4n) is 1.03. The highest BCUT2D eigenvalue weighted by atomic mass is 79.9. The van der Waals surface area contributed by atoms with E-state index in [9.17, 15) is 8.42 Å². The van der Waals surface area contributed by atoms with Crippen molar-refractivity contribution in [3.63, 3.8) is 0 Å². The van der Waals surface area contributed by atoms with Crippen LogP contribution < -0.4 is 4.72 Å². The molecular formula is C9H10BrCl2NO2S. The number of sulfonamides is 1. The second-order valence-corrected chi connectivity index (χ2v) is 6.42. The van der Waals surface area contributed by atoms with Crippen molar-refractivity contribution in [3.05, 3.63) is 26.7 Å². The molecule has 0 aromatic heterocycles. The molecule has 0 atom stereocenters. The number of nitrogens with one attached hydrogen (secondary N) is 1. The maximum atomic E-state index is 11.8. The van der Waals surface area contributed by atoms with Crippen molar-refractivity contribution in [1.29, 1.82) is 0 Å². The van der Waals surface area contributed by atoms with Crippen molar-refractivity contribution in [2.24, 2.45) is 0 Å². The molecule has 0 spiro atoms. The molecule has 7 heteroatoms. The van der Waals surface area contributed by atoms with Crippen molar-refractivity contribution in [3.8, 4) is 0 Å². The van der Waals surface area contributed by atoms with Crippen LogP contribution in [0.15, 0.2) is 21.5 Å². The minimum atomic E-state index is -3.58. The van der Waals surface area contributed by atoms with Crippen molar-refractivity contribution in [1.82, 2.24) is 4.72 Å². The van der Waals surface area contributed by atoms with Crippen LogP contribution in [-0.4, -0.2) is 15.0 Å². The lowest BCUT2D eigenvalue weighted by Crippen LogP contribution is -2.24. The Labute approximate surface area is 113 Å². The summed E-state index contributed by atoms with van der Waals surface area (Å²) in [5, 5.41) is 0.223. The molecule has 0 bridgehead atoms. The van der Waals surface area contributed by atoms with Gasteiger partial charge in [-0.2, -0.15) is 0 Å². The van der Waals surface area contributed by atoms with Crippen LogP contribution in [0.25, 0.3) is 0 Å². The van der Waals surface area contributed by atoms with Gasteiger partial charge in [-0.05, 0) is 34.5 Å². The smallest absolute Gasteiger partial charge is 0.211 e. The number of hydrogen-bond donors (Lipinski definition) is 1. The molecule has 0 unspecified atom stereocenters. The van der Waals surface area contributed by atoms with Gasteiger partial charge in [-0.1, -0.05) is 30.1 Å². The van der Waals surface area contributed by atoms with E-state index in [-0.39, 0.29) is 14.9 Å². The fourth-order valence-corrected chi connectivity index (χ4v) is 3.38. The molecule has 0 aliphatic carbocycles. The van der Waals surface area contributed by atoms with Gasteiger partial charge in [0.1, 0.15) is 4.90 Å². The van der Waals surface area contributed by atoms with Gasteiger partial charge in [0.25, 0.3) is 0 Å². The summed E-state index contributed by atoms with van der Waals surface area (Å²) in [5.74, 6) is 0. The van der Waals surface area contributed by atoms with Gasteiger partial charge < -0.3 is 0 Å². The first-order valence-corrected chi connectivity index (χ1v) is 7.56. The predicted octanol–water partition coefficient (Wildman–Crippen LogP) is 3.44. The zero-order chi connectivity index (χ0) is 12.3. The summed E-state index contributed by atoms with van der Waals surface area (Å²) in [6, 6.07) is 2.96. The molecule has 1 aromatic rings. The summed E-state index contributed by atoms with van der Waals surface area (Å²) in [5.41, 5.74) is 0. The Morgan fingerprint density at radius 3 is 2.50 bits per heavy atom. The SMILES string of the molecule is CCCNS(=O)(=O)c1ccc(Br)c(Cl)c1Cl. The summed E-state index contributed by atoms with van der Waals surface area (Å²) in [6.45, 7) is 2.24. The first-order valence-electron chi connectivity index (χ1n) is 4.53. The largest absolute Gasteiger partial charge is 0.242 e. The first-order chi connectivity index (χ1) is 7.40. The Balaban J connectivity index is 3.19. The molecule has 0 aliphatic rings. The van der Waals surface area contributed by atoms with Gasteiger partial charge >= 0.3 is 0 Å². The van der Waals surface area contributed by atoms with E-state index >= 15 is 0 Å². The molecule has 16 heavy (non-hydrogen) atoms. The molecule has 1 rings (SSSR count). The third kappa shape index (κ3) is 3.11. The second kappa shape index (κ2) is 5.69. The maximum Gasteiger partial charge on any atom is 0.242 e. The molecule has 0 saturated carbocycles. The molecule has 0 fully saturated rings. The van der Waals surface area contributed by atoms with Gasteiger partial charge in [-0.15, -0.1) is 0 Å². The highest BCUT2D eigenvalue weighted by Crippen LogP contribution is 2.34. The number of halogens is 3. The van der Waals surface area contributed by atoms with E-state index in [2.05, 4.69) is 20.7 Å². The summed E-state index contributed by atoms with van der Waals surface area (Å²) in [6.07, 6.45) is 0.709. The van der Waals surface area contributed by atoms with Crippen molar-refractivity contribution in [2.45, 2.75) is 18.2 Å². The zero-order valence-corrected chi connectivity index (χ0v) is 12.3. The van der Waals surface area contributed by atoms with E-state index in [0.29, 0.717) is 17.4 Å². The van der Waals surface area contributed by atoms with E-state index < -0.39 is 10.0 Å². The van der Waals surface area contributed by atoms with Gasteiger partial charge in [0, 0.05) is 11.0 Å². The van der Waals surface area contributed by atoms with Crippen molar-refractivity contribution < 1.29 is 8.42 Å². The molecule has 0 radical (unpaired) electrons. The van der Waals surface area contributed by atoms with Crippen LogP contribution in [0.3, 0.4) is 0 Å². The van der Waals surface area contributed by atoms with Gasteiger partial charge in [0.15, 0.2) is 0 Å². The Bertz CT molecular complexity index is 491. The monoisotopic (exact) mass is 345 g/mol. The standard InChI is InChI=1S/C9H10BrCl2NO2S/c1-2-5-13-16(14,15)7-4-3-6(10)8(11)9(7)12/h3-4,13H,2,5H2,1H3. The quantitative estimate of drug-likeness (QED) is 0.849. The van der Waals surface area contributed by atoms with Gasteiger partial charge in [0.05, 0.1) is 10.0 Å². The molecule has 1 N–H and O–H groups in total. The van der Waals surface area contributed by atoms with Crippen molar-refractivity contribution in [2.75, 3.05) is 6.54 Å². The molecule has 0 aliphatic heterocycles. The third-order valence-corrected chi connectivity index (χ3v) is 5.22. The maximum absolute atomic E-state index is 11.8. The Hall–Kier alpha value is 0.190. The van der Waals surface area contributed by atoms with E-state index in [1.807, 2.05) is 6.92 Å². The average molecular weight is 347 g/mol. The van der Waals surface area contributed by atoms with Gasteiger partial charge in [-0.25, -0.2) is 13.1 Å². The molecule has 0 amide bonds. The van der Waals surface area contributed by atoms with Crippen LogP contribution in [0.1, 0.15) is 13.3 Å². The second-order valence-electron chi connectivity index (χ2n) is 3.07. The van der Waals surface area contributed by atoms with Crippen LogP contribution in [0.2, 0.25) is 10.0 Å². The molecule has 90 valence electrons. The summed E-state index contributed by atoms with van der Waals surface area (Å²) in [4.78, 5) is -0.00387. The highest BCUT2D eigenvalue weighted by Gasteiger charge is 2.20. The lowest BCUT2D eigenvalue weighted by molar-refractivity contribution is 0.581. The Morgan fingerprint density at radius 1 is 1.31 bits per heavy atom. The lowest BCUT2D eigenvalue weighted by Gasteiger charge is -2.09. The van der Waals surface area contributed by atoms with E-state index in [1.165, 1.54) is 6.07 Å². The van der Waals surface area contributed by atoms with Crippen LogP contribution in [-0.2, 0) is 10.0 Å². The normalized spacial score (nSPS) is 11.8. The van der Waals surface area contributed by atoms with Crippen LogP contribution in [0.5, 0.6) is 0 Å². The number of rotatable bonds is 4. The molecule has 1 aromatic carbocycles. The average Bonchev–Trinajstić information content (AvgIpc) is 2.23. The van der Waals surface area contributed by atoms with Crippen LogP contribution >= 0.6 is 39.1 Å². The number of benzene rings is 1. The molecule has 3 nitrogen and oxygen atoms in total. The van der Waals surface area contributed by atoms with E-state index in [4.69, 9.17) is 23.2 Å². The fraction of sp³-hybridized carbons (Fsp3) is 0.333. The van der Waals surface area contributed by atoms with Crippen molar-refractivity contribution >= 4 is 49.2 Å². The Kier molecular flexibility index (Phi) is 5.07. The van der Waals surface area contributed by atoms with E-state index in [0.717, 1.165) is 0 Å². The summed E-state index contributed by atoms with van der Waals surface area (Å²) in [7, 11) is -3.58. The zero-order valence-electron chi connectivity index (χ0n) is 8.43. The summed E-state index contributed by atoms with van der Waals surface area (Å²) < 4.78 is 26.6.